The average Bonchev–Trinajstić information content (AvgIpc) is 2.45. The molecule has 0 saturated heterocycles. The third-order valence-electron chi connectivity index (χ3n) is 3.34. The minimum atomic E-state index is -0.367. The quantitative estimate of drug-likeness (QED) is 0.811. The Hall–Kier alpha value is -2.03. The summed E-state index contributed by atoms with van der Waals surface area (Å²) in [4.78, 5) is 0. The molecule has 0 aliphatic carbocycles. The molecule has 0 amide bonds. The second-order valence-corrected chi connectivity index (χ2v) is 5.97. The van der Waals surface area contributed by atoms with E-state index in [1.807, 2.05) is 24.3 Å². The lowest BCUT2D eigenvalue weighted by Gasteiger charge is -2.22. The van der Waals surface area contributed by atoms with Gasteiger partial charge in [0, 0.05) is 5.56 Å². The van der Waals surface area contributed by atoms with Gasteiger partial charge >= 0.3 is 0 Å². The van der Waals surface area contributed by atoms with Crippen LogP contribution in [0.3, 0.4) is 0 Å². The van der Waals surface area contributed by atoms with E-state index < -0.39 is 0 Å². The predicted molar refractivity (Wildman–Crippen MR) is 82.4 cm³/mol. The van der Waals surface area contributed by atoms with Gasteiger partial charge in [0.1, 0.15) is 12.4 Å². The summed E-state index contributed by atoms with van der Waals surface area (Å²) in [5.41, 5.74) is 1.56. The molecule has 0 atom stereocenters. The second-order valence-electron chi connectivity index (χ2n) is 5.97. The van der Waals surface area contributed by atoms with E-state index in [4.69, 9.17) is 9.47 Å². The van der Waals surface area contributed by atoms with Gasteiger partial charge in [-0.3, -0.25) is 0 Å². The average molecular weight is 288 g/mol. The third kappa shape index (κ3) is 3.54. The Kier molecular flexibility index (Phi) is 4.51. The largest absolute Gasteiger partial charge is 0.494 e. The summed E-state index contributed by atoms with van der Waals surface area (Å²) in [5, 5.41) is 0. The molecule has 0 aromatic heterocycles. The van der Waals surface area contributed by atoms with E-state index in [2.05, 4.69) is 20.8 Å². The monoisotopic (exact) mass is 288 g/mol. The third-order valence-corrected chi connectivity index (χ3v) is 3.34. The second kappa shape index (κ2) is 6.17. The van der Waals surface area contributed by atoms with Gasteiger partial charge in [0.15, 0.2) is 11.6 Å². The van der Waals surface area contributed by atoms with Crippen LogP contribution in [0.25, 0.3) is 0 Å². The molecule has 0 radical (unpaired) electrons. The highest BCUT2D eigenvalue weighted by molar-refractivity contribution is 5.39. The predicted octanol–water partition coefficient (Wildman–Crippen LogP) is 4.71. The first-order valence-corrected chi connectivity index (χ1v) is 6.97. The molecule has 112 valence electrons. The van der Waals surface area contributed by atoms with Crippen LogP contribution in [0.4, 0.5) is 4.39 Å². The molecule has 0 saturated carbocycles. The lowest BCUT2D eigenvalue weighted by Crippen LogP contribution is -2.13. The van der Waals surface area contributed by atoms with E-state index in [0.29, 0.717) is 5.56 Å². The fourth-order valence-corrected chi connectivity index (χ4v) is 2.19. The zero-order chi connectivity index (χ0) is 15.5. The van der Waals surface area contributed by atoms with Crippen LogP contribution in [0, 0.1) is 5.82 Å². The summed E-state index contributed by atoms with van der Waals surface area (Å²) in [6.45, 7) is 6.56. The molecule has 3 heteroatoms. The van der Waals surface area contributed by atoms with Gasteiger partial charge in [0.05, 0.1) is 7.11 Å². The summed E-state index contributed by atoms with van der Waals surface area (Å²) >= 11 is 0. The van der Waals surface area contributed by atoms with Crippen LogP contribution < -0.4 is 9.47 Å². The number of ether oxygens (including phenoxy) is 2. The SMILES string of the molecule is COc1cccc(COc2ccccc2C(C)(C)C)c1F. The molecule has 2 aromatic carbocycles. The molecule has 0 bridgehead atoms. The first-order valence-electron chi connectivity index (χ1n) is 6.97. The maximum atomic E-state index is 14.1. The van der Waals surface area contributed by atoms with Crippen molar-refractivity contribution < 1.29 is 13.9 Å². The van der Waals surface area contributed by atoms with Crippen molar-refractivity contribution in [2.45, 2.75) is 32.8 Å². The van der Waals surface area contributed by atoms with Crippen molar-refractivity contribution in [1.29, 1.82) is 0 Å². The number of hydrogen-bond acceptors (Lipinski definition) is 2. The van der Waals surface area contributed by atoms with E-state index in [1.54, 1.807) is 18.2 Å². The van der Waals surface area contributed by atoms with Crippen LogP contribution in [-0.2, 0) is 12.0 Å². The zero-order valence-electron chi connectivity index (χ0n) is 12.9. The number of hydrogen-bond donors (Lipinski definition) is 0. The Balaban J connectivity index is 2.22. The fraction of sp³-hybridized carbons (Fsp3) is 0.333. The summed E-state index contributed by atoms with van der Waals surface area (Å²) in [7, 11) is 1.46. The van der Waals surface area contributed by atoms with Gasteiger partial charge in [0.25, 0.3) is 0 Å². The molecular formula is C18H21FO2. The van der Waals surface area contributed by atoms with Gasteiger partial charge in [-0.05, 0) is 23.1 Å². The Morgan fingerprint density at radius 1 is 0.952 bits per heavy atom. The highest BCUT2D eigenvalue weighted by Gasteiger charge is 2.18. The van der Waals surface area contributed by atoms with Crippen molar-refractivity contribution in [2.24, 2.45) is 0 Å². The van der Waals surface area contributed by atoms with Gasteiger partial charge in [0.2, 0.25) is 0 Å². The van der Waals surface area contributed by atoms with Gasteiger partial charge in [-0.15, -0.1) is 0 Å². The molecule has 0 fully saturated rings. The Morgan fingerprint density at radius 2 is 1.62 bits per heavy atom. The minimum absolute atomic E-state index is 0.0243. The molecule has 0 N–H and O–H groups in total. The summed E-state index contributed by atoms with van der Waals surface area (Å²) in [6.07, 6.45) is 0. The standard InChI is InChI=1S/C18H21FO2/c1-18(2,3)14-9-5-6-10-15(14)21-12-13-8-7-11-16(20-4)17(13)19/h5-11H,12H2,1-4H3. The smallest absolute Gasteiger partial charge is 0.171 e. The molecule has 2 aromatic rings. The van der Waals surface area contributed by atoms with Crippen LogP contribution in [0.2, 0.25) is 0 Å². The summed E-state index contributed by atoms with van der Waals surface area (Å²) < 4.78 is 24.9. The molecule has 21 heavy (non-hydrogen) atoms. The first-order chi connectivity index (χ1) is 9.93. The van der Waals surface area contributed by atoms with Crippen molar-refractivity contribution in [3.8, 4) is 11.5 Å². The van der Waals surface area contributed by atoms with Gasteiger partial charge in [-0.25, -0.2) is 4.39 Å². The van der Waals surface area contributed by atoms with Gasteiger partial charge < -0.3 is 9.47 Å². The van der Waals surface area contributed by atoms with Crippen molar-refractivity contribution in [3.63, 3.8) is 0 Å². The lowest BCUT2D eigenvalue weighted by atomic mass is 9.86. The molecule has 2 rings (SSSR count). The van der Waals surface area contributed by atoms with Crippen LogP contribution in [-0.4, -0.2) is 7.11 Å². The normalized spacial score (nSPS) is 11.3. The van der Waals surface area contributed by atoms with Crippen molar-refractivity contribution in [2.75, 3.05) is 7.11 Å². The molecule has 0 spiro atoms. The molecule has 2 nitrogen and oxygen atoms in total. The maximum absolute atomic E-state index is 14.1. The summed E-state index contributed by atoms with van der Waals surface area (Å²) in [6, 6.07) is 12.9. The Labute approximate surface area is 125 Å². The topological polar surface area (TPSA) is 18.5 Å². The van der Waals surface area contributed by atoms with Crippen LogP contribution in [0.5, 0.6) is 11.5 Å². The highest BCUT2D eigenvalue weighted by atomic mass is 19.1. The summed E-state index contributed by atoms with van der Waals surface area (Å²) in [5.74, 6) is 0.653. The number of methoxy groups -OCH3 is 1. The minimum Gasteiger partial charge on any atom is -0.494 e. The van der Waals surface area contributed by atoms with Crippen LogP contribution in [0.15, 0.2) is 42.5 Å². The molecule has 0 aliphatic rings. The first kappa shape index (κ1) is 15.4. The van der Waals surface area contributed by atoms with Crippen molar-refractivity contribution >= 4 is 0 Å². The van der Waals surface area contributed by atoms with Crippen LogP contribution >= 0.6 is 0 Å². The van der Waals surface area contributed by atoms with E-state index in [9.17, 15) is 4.39 Å². The molecular weight excluding hydrogens is 267 g/mol. The molecule has 0 aliphatic heterocycles. The van der Waals surface area contributed by atoms with Crippen LogP contribution in [0.1, 0.15) is 31.9 Å². The Bertz CT molecular complexity index is 615. The zero-order valence-corrected chi connectivity index (χ0v) is 12.9. The Morgan fingerprint density at radius 3 is 2.29 bits per heavy atom. The number of halogens is 1. The lowest BCUT2D eigenvalue weighted by molar-refractivity contribution is 0.288. The van der Waals surface area contributed by atoms with E-state index in [-0.39, 0.29) is 23.6 Å². The van der Waals surface area contributed by atoms with Gasteiger partial charge in [-0.2, -0.15) is 0 Å². The van der Waals surface area contributed by atoms with Gasteiger partial charge in [-0.1, -0.05) is 51.1 Å². The van der Waals surface area contributed by atoms with Crippen molar-refractivity contribution in [1.82, 2.24) is 0 Å². The number of benzene rings is 2. The van der Waals surface area contributed by atoms with E-state index in [0.717, 1.165) is 11.3 Å². The molecule has 0 heterocycles. The molecule has 0 unspecified atom stereocenters. The number of rotatable bonds is 4. The maximum Gasteiger partial charge on any atom is 0.171 e. The number of para-hydroxylation sites is 1. The highest BCUT2D eigenvalue weighted by Crippen LogP contribution is 2.31. The van der Waals surface area contributed by atoms with E-state index in [1.165, 1.54) is 7.11 Å². The fourth-order valence-electron chi connectivity index (χ4n) is 2.19. The van der Waals surface area contributed by atoms with E-state index >= 15 is 0 Å². The van der Waals surface area contributed by atoms with Crippen molar-refractivity contribution in [3.05, 3.63) is 59.4 Å².